The third-order valence-corrected chi connectivity index (χ3v) is 3.19. The highest BCUT2D eigenvalue weighted by Gasteiger charge is 2.17. The van der Waals surface area contributed by atoms with E-state index in [2.05, 4.69) is 0 Å². The quantitative estimate of drug-likeness (QED) is 0.168. The van der Waals surface area contributed by atoms with Crippen molar-refractivity contribution in [2.75, 3.05) is 65.7 Å². The van der Waals surface area contributed by atoms with Crippen LogP contribution in [0.3, 0.4) is 0 Å². The van der Waals surface area contributed by atoms with Crippen LogP contribution < -0.4 is 0 Å². The van der Waals surface area contributed by atoms with Crippen LogP contribution in [0, 0.1) is 0 Å². The van der Waals surface area contributed by atoms with Crippen molar-refractivity contribution in [1.82, 2.24) is 9.80 Å². The Labute approximate surface area is 130 Å². The lowest BCUT2D eigenvalue weighted by atomic mass is 10.2. The van der Waals surface area contributed by atoms with Gasteiger partial charge >= 0.3 is 0 Å². The molecular formula is C13H30N2O7. The lowest BCUT2D eigenvalue weighted by Crippen LogP contribution is -2.46. The summed E-state index contributed by atoms with van der Waals surface area (Å²) in [6, 6.07) is 0. The van der Waals surface area contributed by atoms with Crippen LogP contribution in [0.25, 0.3) is 0 Å². The SMILES string of the molecule is OCCN(CCN(CC(O)CO)CC(O)CO)CC(O)CO. The fraction of sp³-hybridized carbons (Fsp3) is 1.00. The molecule has 0 aliphatic rings. The summed E-state index contributed by atoms with van der Waals surface area (Å²) in [6.45, 7) is 0.289. The smallest absolute Gasteiger partial charge is 0.0897 e. The molecule has 0 saturated heterocycles. The van der Waals surface area contributed by atoms with Crippen molar-refractivity contribution in [2.45, 2.75) is 18.3 Å². The third kappa shape index (κ3) is 10.4. The zero-order valence-electron chi connectivity index (χ0n) is 12.8. The molecule has 7 N–H and O–H groups in total. The number of nitrogens with zero attached hydrogens (tertiary/aromatic N) is 2. The summed E-state index contributed by atoms with van der Waals surface area (Å²) in [4.78, 5) is 3.42. The van der Waals surface area contributed by atoms with Crippen LogP contribution in [0.5, 0.6) is 0 Å². The van der Waals surface area contributed by atoms with E-state index >= 15 is 0 Å². The highest BCUT2D eigenvalue weighted by Crippen LogP contribution is 1.99. The molecule has 0 aromatic carbocycles. The first-order valence-corrected chi connectivity index (χ1v) is 7.39. The van der Waals surface area contributed by atoms with Gasteiger partial charge in [0, 0.05) is 39.3 Å². The molecule has 0 rings (SSSR count). The Hall–Kier alpha value is -0.360. The van der Waals surface area contributed by atoms with Crippen molar-refractivity contribution in [3.05, 3.63) is 0 Å². The second-order valence-corrected chi connectivity index (χ2v) is 5.29. The van der Waals surface area contributed by atoms with E-state index in [9.17, 15) is 15.3 Å². The van der Waals surface area contributed by atoms with Gasteiger partial charge in [0.15, 0.2) is 0 Å². The van der Waals surface area contributed by atoms with Gasteiger partial charge in [-0.05, 0) is 0 Å². The fourth-order valence-electron chi connectivity index (χ4n) is 2.04. The van der Waals surface area contributed by atoms with Gasteiger partial charge in [-0.1, -0.05) is 0 Å². The minimum atomic E-state index is -0.958. The Morgan fingerprint density at radius 3 is 1.27 bits per heavy atom. The molecule has 0 heterocycles. The standard InChI is InChI=1S/C13H30N2O7/c16-4-3-14(5-11(20)8-17)1-2-15(6-12(21)9-18)7-13(22)10-19/h11-13,16-22H,1-10H2. The zero-order chi connectivity index (χ0) is 17.0. The average molecular weight is 326 g/mol. The topological polar surface area (TPSA) is 148 Å². The molecule has 134 valence electrons. The minimum Gasteiger partial charge on any atom is -0.395 e. The van der Waals surface area contributed by atoms with E-state index in [0.717, 1.165) is 0 Å². The van der Waals surface area contributed by atoms with Crippen LogP contribution in [-0.4, -0.2) is 130 Å². The molecule has 0 saturated carbocycles. The number of hydrogen-bond donors (Lipinski definition) is 7. The highest BCUT2D eigenvalue weighted by atomic mass is 16.3. The summed E-state index contributed by atoms with van der Waals surface area (Å²) in [6.07, 6.45) is -2.83. The first-order chi connectivity index (χ1) is 10.5. The van der Waals surface area contributed by atoms with Gasteiger partial charge in [0.1, 0.15) is 0 Å². The Kier molecular flexibility index (Phi) is 12.9. The monoisotopic (exact) mass is 326 g/mol. The van der Waals surface area contributed by atoms with E-state index < -0.39 is 31.5 Å². The maximum Gasteiger partial charge on any atom is 0.0897 e. The fourth-order valence-corrected chi connectivity index (χ4v) is 2.04. The summed E-state index contributed by atoms with van der Waals surface area (Å²) >= 11 is 0. The molecule has 0 aromatic rings. The van der Waals surface area contributed by atoms with Gasteiger partial charge in [-0.3, -0.25) is 9.80 Å². The predicted molar refractivity (Wildman–Crippen MR) is 79.2 cm³/mol. The Bertz CT molecular complexity index is 249. The molecule has 0 aliphatic carbocycles. The van der Waals surface area contributed by atoms with Gasteiger partial charge in [0.25, 0.3) is 0 Å². The molecule has 22 heavy (non-hydrogen) atoms. The molecule has 0 amide bonds. The van der Waals surface area contributed by atoms with Gasteiger partial charge in [0.2, 0.25) is 0 Å². The van der Waals surface area contributed by atoms with E-state index in [4.69, 9.17) is 20.4 Å². The Morgan fingerprint density at radius 2 is 0.909 bits per heavy atom. The maximum absolute atomic E-state index is 9.50. The first-order valence-electron chi connectivity index (χ1n) is 7.39. The van der Waals surface area contributed by atoms with E-state index in [-0.39, 0.29) is 32.8 Å². The molecule has 0 fully saturated rings. The second-order valence-electron chi connectivity index (χ2n) is 5.29. The maximum atomic E-state index is 9.50. The number of aliphatic hydroxyl groups excluding tert-OH is 7. The normalized spacial score (nSPS) is 16.2. The number of aliphatic hydroxyl groups is 7. The van der Waals surface area contributed by atoms with Crippen molar-refractivity contribution >= 4 is 0 Å². The second kappa shape index (κ2) is 13.1. The molecule has 0 spiro atoms. The average Bonchev–Trinajstić information content (AvgIpc) is 2.51. The van der Waals surface area contributed by atoms with Crippen LogP contribution >= 0.6 is 0 Å². The molecule has 9 nitrogen and oxygen atoms in total. The summed E-state index contributed by atoms with van der Waals surface area (Å²) in [5.41, 5.74) is 0. The Balaban J connectivity index is 4.45. The van der Waals surface area contributed by atoms with E-state index in [1.165, 1.54) is 0 Å². The van der Waals surface area contributed by atoms with Gasteiger partial charge in [-0.2, -0.15) is 0 Å². The number of hydrogen-bond acceptors (Lipinski definition) is 9. The molecule has 3 unspecified atom stereocenters. The minimum absolute atomic E-state index is 0.101. The van der Waals surface area contributed by atoms with Crippen molar-refractivity contribution in [3.8, 4) is 0 Å². The van der Waals surface area contributed by atoms with Crippen LogP contribution in [0.2, 0.25) is 0 Å². The third-order valence-electron chi connectivity index (χ3n) is 3.19. The zero-order valence-corrected chi connectivity index (χ0v) is 12.8. The van der Waals surface area contributed by atoms with Gasteiger partial charge in [-0.15, -0.1) is 0 Å². The summed E-state index contributed by atoms with van der Waals surface area (Å²) < 4.78 is 0. The molecule has 0 aromatic heterocycles. The number of rotatable bonds is 14. The summed E-state index contributed by atoms with van der Waals surface area (Å²) in [5.74, 6) is 0. The van der Waals surface area contributed by atoms with E-state index in [1.54, 1.807) is 9.80 Å². The lowest BCUT2D eigenvalue weighted by Gasteiger charge is -2.30. The molecule has 0 aliphatic heterocycles. The van der Waals surface area contributed by atoms with Crippen LogP contribution in [-0.2, 0) is 0 Å². The van der Waals surface area contributed by atoms with Crippen LogP contribution in [0.4, 0.5) is 0 Å². The largest absolute Gasteiger partial charge is 0.395 e. The lowest BCUT2D eigenvalue weighted by molar-refractivity contribution is 0.0141. The summed E-state index contributed by atoms with van der Waals surface area (Å²) in [7, 11) is 0. The molecule has 3 atom stereocenters. The van der Waals surface area contributed by atoms with Crippen LogP contribution in [0.1, 0.15) is 0 Å². The molecule has 9 heteroatoms. The van der Waals surface area contributed by atoms with Crippen molar-refractivity contribution in [1.29, 1.82) is 0 Å². The van der Waals surface area contributed by atoms with Gasteiger partial charge in [-0.25, -0.2) is 0 Å². The van der Waals surface area contributed by atoms with Crippen molar-refractivity contribution in [3.63, 3.8) is 0 Å². The molecular weight excluding hydrogens is 296 g/mol. The predicted octanol–water partition coefficient (Wildman–Crippen LogP) is -4.36. The van der Waals surface area contributed by atoms with Gasteiger partial charge < -0.3 is 35.7 Å². The molecule has 0 radical (unpaired) electrons. The molecule has 0 bridgehead atoms. The highest BCUT2D eigenvalue weighted by molar-refractivity contribution is 4.71. The van der Waals surface area contributed by atoms with Crippen LogP contribution in [0.15, 0.2) is 0 Å². The van der Waals surface area contributed by atoms with Crippen molar-refractivity contribution < 1.29 is 35.7 Å². The first kappa shape index (κ1) is 21.6. The summed E-state index contributed by atoms with van der Waals surface area (Å²) in [5, 5.41) is 64.1. The van der Waals surface area contributed by atoms with Gasteiger partial charge in [0.05, 0.1) is 44.7 Å². The van der Waals surface area contributed by atoms with Crippen molar-refractivity contribution in [2.24, 2.45) is 0 Å². The Morgan fingerprint density at radius 1 is 0.545 bits per heavy atom. The van der Waals surface area contributed by atoms with E-state index in [0.29, 0.717) is 19.6 Å². The van der Waals surface area contributed by atoms with E-state index in [1.807, 2.05) is 0 Å².